The molecule has 0 unspecified atom stereocenters. The van der Waals surface area contributed by atoms with Crippen molar-refractivity contribution in [3.63, 3.8) is 0 Å². The molecule has 10 aliphatic carbocycles. The maximum atomic E-state index is 12.6. The predicted octanol–water partition coefficient (Wildman–Crippen LogP) is 15.6. The van der Waals surface area contributed by atoms with E-state index in [0.717, 1.165) is 125 Å². The fourth-order valence-corrected chi connectivity index (χ4v) is 22.0. The number of allylic oxidation sites excluding steroid dienone is 10. The number of hydrogen-bond acceptors (Lipinski definition) is 26. The van der Waals surface area contributed by atoms with E-state index in [0.29, 0.717) is 64.7 Å². The zero-order valence-electron chi connectivity index (χ0n) is 77.2. The molecule has 0 spiro atoms. The number of Topliss-reactive ketones (excluding diaryl/α,β-unsaturated/α-hetero) is 5. The number of nitrogens with zero attached hydrogens (tertiary/aromatic N) is 17. The molecule has 8 aromatic rings. The van der Waals surface area contributed by atoms with Gasteiger partial charge in [-0.15, -0.1) is 0 Å². The Hall–Kier alpha value is -14.5. The van der Waals surface area contributed by atoms with Crippen molar-refractivity contribution in [1.29, 1.82) is 0 Å². The number of rotatable bonds is 12. The molecule has 0 N–H and O–H groups in total. The van der Waals surface area contributed by atoms with E-state index < -0.39 is 33.0 Å². The molecular formula is C101H103N17O14. The van der Waals surface area contributed by atoms with Crippen molar-refractivity contribution in [2.24, 2.45) is 59.2 Å². The molecule has 0 radical (unpaired) electrons. The SMILES string of the molecule is [C-]#[N+]C1=C[C@]2(C)c3nc(-c4ccccc4OC)nc(OC)c3CC[C@H]2[C@H](C)C1=O.[C-]#[N+]C1=C[C@]2(C)c3nc(-c4cccnc4)nc(OC)c3CC[C@H]2[C@H](C)C1=O.[C-]#[N+]C1=C[C@]2(C)c3nc(-c4ccncc4)nc(OC)c3CC[C@H]2[C@H](C)C1=O.[C-]#[N+]C1=C[C@]2(C)c3nc(C(=O)OCC)nc(OC)c3CC[C@H]2[C@H](C)C1=O.[C-]#[N+]C1=C[C@]2(C)c3nc(OC)nc(OC)c3CC[C@H]2[C@H](C)C1=O. The van der Waals surface area contributed by atoms with Crippen molar-refractivity contribution < 1.29 is 66.7 Å². The minimum absolute atomic E-state index is 0.00246. The molecule has 7 heterocycles. The fourth-order valence-electron chi connectivity index (χ4n) is 22.0. The normalized spacial score (nSPS) is 26.7. The zero-order chi connectivity index (χ0) is 95.0. The van der Waals surface area contributed by atoms with Crippen LogP contribution in [0.15, 0.2) is 132 Å². The van der Waals surface area contributed by atoms with E-state index in [1.807, 2.05) is 115 Å². The van der Waals surface area contributed by atoms with Gasteiger partial charge in [0.15, 0.2) is 46.4 Å². The maximum absolute atomic E-state index is 12.6. The van der Waals surface area contributed by atoms with Crippen LogP contribution in [-0.2, 0) is 87.9 Å². The average molecular weight is 1780 g/mol. The third-order valence-electron chi connectivity index (χ3n) is 28.7. The molecule has 0 saturated carbocycles. The van der Waals surface area contributed by atoms with E-state index in [2.05, 4.69) is 89.9 Å². The number of methoxy groups -OCH3 is 7. The number of fused-ring (bicyclic) bond motifs is 15. The Bertz CT molecular complexity index is 6270. The quantitative estimate of drug-likeness (QED) is 0.0810. The van der Waals surface area contributed by atoms with Crippen LogP contribution in [0.5, 0.6) is 41.2 Å². The van der Waals surface area contributed by atoms with Crippen molar-refractivity contribution in [2.45, 2.75) is 167 Å². The molecule has 31 heteroatoms. The van der Waals surface area contributed by atoms with E-state index in [4.69, 9.17) is 85.7 Å². The van der Waals surface area contributed by atoms with Crippen molar-refractivity contribution in [3.05, 3.63) is 251 Å². The number of aromatic nitrogens is 12. The lowest BCUT2D eigenvalue weighted by molar-refractivity contribution is -0.122. The lowest BCUT2D eigenvalue weighted by Crippen LogP contribution is -2.46. The first kappa shape index (κ1) is 93.6. The molecule has 0 aliphatic heterocycles. The van der Waals surface area contributed by atoms with Gasteiger partial charge < -0.3 is 61.9 Å². The number of ether oxygens (including phenoxy) is 8. The van der Waals surface area contributed by atoms with Crippen LogP contribution in [0.1, 0.15) is 175 Å². The number of carbonyl (C=O) groups excluding carboxylic acids is 6. The van der Waals surface area contributed by atoms with E-state index in [1.165, 1.54) is 14.2 Å². The zero-order valence-corrected chi connectivity index (χ0v) is 77.2. The molecule has 0 saturated heterocycles. The molecule has 15 atom stereocenters. The van der Waals surface area contributed by atoms with Gasteiger partial charge in [0, 0.05) is 120 Å². The summed E-state index contributed by atoms with van der Waals surface area (Å²) < 4.78 is 43.3. The number of carbonyl (C=O) groups is 6. The van der Waals surface area contributed by atoms with E-state index in [1.54, 1.807) is 79.4 Å². The molecular weight excluding hydrogens is 1680 g/mol. The number of esters is 1. The number of para-hydroxylation sites is 1. The molecule has 31 nitrogen and oxygen atoms in total. The van der Waals surface area contributed by atoms with Crippen LogP contribution in [0.3, 0.4) is 0 Å². The van der Waals surface area contributed by atoms with Crippen LogP contribution in [0.2, 0.25) is 0 Å². The molecule has 18 rings (SSSR count). The van der Waals surface area contributed by atoms with Crippen molar-refractivity contribution in [1.82, 2.24) is 59.8 Å². The fraction of sp³-hybridized carbons (Fsp3) is 0.436. The smallest absolute Gasteiger partial charge is 0.376 e. The molecule has 10 aliphatic rings. The highest BCUT2D eigenvalue weighted by molar-refractivity contribution is 6.03. The van der Waals surface area contributed by atoms with Gasteiger partial charge >= 0.3 is 12.0 Å². The summed E-state index contributed by atoms with van der Waals surface area (Å²) in [5.41, 5.74) is 9.31. The third-order valence-corrected chi connectivity index (χ3v) is 28.7. The van der Waals surface area contributed by atoms with Crippen molar-refractivity contribution >= 4 is 34.9 Å². The molecule has 1 aromatic carbocycles. The predicted molar refractivity (Wildman–Crippen MR) is 484 cm³/mol. The van der Waals surface area contributed by atoms with Gasteiger partial charge in [-0.25, -0.2) is 49.0 Å². The highest BCUT2D eigenvalue weighted by Crippen LogP contribution is 2.58. The summed E-state index contributed by atoms with van der Waals surface area (Å²) in [5, 5.41) is 0. The third kappa shape index (κ3) is 16.2. The minimum atomic E-state index is -0.641. The van der Waals surface area contributed by atoms with Gasteiger partial charge in [0.25, 0.3) is 0 Å². The van der Waals surface area contributed by atoms with Gasteiger partial charge in [-0.2, -0.15) is 29.9 Å². The van der Waals surface area contributed by atoms with Gasteiger partial charge in [0.1, 0.15) is 5.75 Å². The standard InChI is InChI=1S/C23H23N3O3.2C21H20N4O2.C19H21N3O4.C17H19N3O3/c1-13-16-11-10-15-20(23(16,2)12-17(24-3)19(13)27)25-21(26-22(15)29-5)14-8-6-7-9-18(14)28-4;1-12-15-6-5-14-18(21(15,2)11-16(22-3)17(12)26)24-19(25-20(14)27-4)13-7-9-23-10-8-13;1-12-15-8-7-14-18(21(15,2)10-16(22-3)17(12)26)24-19(25-20(14)27-4)13-6-5-9-23-11-13;1-6-26-18(24)16-21-15-11(17(22-16)25-5)7-8-12-10(2)14(23)13(20-4)9-19(12,15)3;1-9-11-7-6-10-14(19-16(23-5)20-15(10)22-4)17(11,2)8-12(18-3)13(9)21/h6-9,12-13,16H,10-11H2,1-2,4-5H3;7-12,15H,5-6H2,1-2,4H3;5-6,9-12,15H,7-8H2,1-2,4H3;9-10,12H,6-8H2,1-3,5H3;8-9,11H,6-7H2,1-2,4-5H3/t13-,16-,23-;2*12-,15-,21-;10-,12-,19-;9-,11-,17-/m00000/s1. The summed E-state index contributed by atoms with van der Waals surface area (Å²) in [6.07, 6.45) is 23.5. The van der Waals surface area contributed by atoms with Crippen molar-refractivity contribution in [2.75, 3.05) is 56.4 Å². The second-order valence-electron chi connectivity index (χ2n) is 35.6. The topological polar surface area (TPSA) is 353 Å². The number of benzene rings is 1. The Morgan fingerprint density at radius 2 is 0.689 bits per heavy atom. The van der Waals surface area contributed by atoms with Crippen LogP contribution in [0, 0.1) is 92.0 Å². The Morgan fingerprint density at radius 1 is 0.364 bits per heavy atom. The second-order valence-corrected chi connectivity index (χ2v) is 35.6. The van der Waals surface area contributed by atoms with E-state index in [-0.39, 0.29) is 135 Å². The molecule has 0 amide bonds. The first-order valence-electron chi connectivity index (χ1n) is 43.9. The average Bonchev–Trinajstić information content (AvgIpc) is 0.739. The lowest BCUT2D eigenvalue weighted by atomic mass is 9.58. The Labute approximate surface area is 767 Å². The van der Waals surface area contributed by atoms with Crippen LogP contribution < -0.4 is 33.2 Å². The molecule has 0 fully saturated rings. The number of pyridine rings is 2. The highest BCUT2D eigenvalue weighted by atomic mass is 16.5. The highest BCUT2D eigenvalue weighted by Gasteiger charge is 2.56. The maximum Gasteiger partial charge on any atom is 0.376 e. The van der Waals surface area contributed by atoms with Crippen LogP contribution in [0.4, 0.5) is 0 Å². The summed E-state index contributed by atoms with van der Waals surface area (Å²) in [6.45, 7) is 58.6. The first-order chi connectivity index (χ1) is 63.2. The summed E-state index contributed by atoms with van der Waals surface area (Å²) in [7, 11) is 11.0. The van der Waals surface area contributed by atoms with Crippen molar-refractivity contribution in [3.8, 4) is 75.3 Å². The van der Waals surface area contributed by atoms with E-state index in [9.17, 15) is 28.8 Å². The van der Waals surface area contributed by atoms with Gasteiger partial charge in [0.2, 0.25) is 63.7 Å². The Balaban J connectivity index is 0.000000133. The molecule has 132 heavy (non-hydrogen) atoms. The summed E-state index contributed by atoms with van der Waals surface area (Å²) in [4.78, 5) is 146. The van der Waals surface area contributed by atoms with Crippen LogP contribution >= 0.6 is 0 Å². The van der Waals surface area contributed by atoms with Gasteiger partial charge in [-0.3, -0.25) is 9.97 Å². The first-order valence-corrected chi connectivity index (χ1v) is 43.9. The van der Waals surface area contributed by atoms with Gasteiger partial charge in [-0.05, 0) is 137 Å². The minimum Gasteiger partial charge on any atom is -0.496 e. The summed E-state index contributed by atoms with van der Waals surface area (Å²) in [6, 6.07) is 15.3. The number of ketones is 5. The van der Waals surface area contributed by atoms with Gasteiger partial charge in [0.05, 0.1) is 123 Å². The second kappa shape index (κ2) is 37.5. The largest absolute Gasteiger partial charge is 0.496 e. The number of hydrogen-bond donors (Lipinski definition) is 0. The monoisotopic (exact) mass is 1780 g/mol. The molecule has 0 bridgehead atoms. The van der Waals surface area contributed by atoms with Crippen LogP contribution in [0.25, 0.3) is 58.4 Å². The Morgan fingerprint density at radius 3 is 1.02 bits per heavy atom. The Kier molecular flexibility index (Phi) is 26.6. The lowest BCUT2D eigenvalue weighted by Gasteiger charge is -2.45. The summed E-state index contributed by atoms with van der Waals surface area (Å²) >= 11 is 0. The van der Waals surface area contributed by atoms with Gasteiger partial charge in [-0.1, -0.05) is 112 Å². The summed E-state index contributed by atoms with van der Waals surface area (Å²) in [5.74, 6) is 3.02. The van der Waals surface area contributed by atoms with Crippen LogP contribution in [-0.4, -0.2) is 151 Å². The van der Waals surface area contributed by atoms with E-state index >= 15 is 0 Å². The molecule has 7 aromatic heterocycles. The molecule has 676 valence electrons.